The van der Waals surface area contributed by atoms with Gasteiger partial charge in [0.25, 0.3) is 5.91 Å². The van der Waals surface area contributed by atoms with Crippen molar-refractivity contribution < 1.29 is 9.21 Å². The first-order chi connectivity index (χ1) is 14.6. The summed E-state index contributed by atoms with van der Waals surface area (Å²) in [6, 6.07) is 3.70. The fourth-order valence-corrected chi connectivity index (χ4v) is 4.72. The number of likely N-dealkylation sites (N-methyl/N-ethyl adjacent to an activating group) is 1. The summed E-state index contributed by atoms with van der Waals surface area (Å²) in [5.41, 5.74) is 1.10. The summed E-state index contributed by atoms with van der Waals surface area (Å²) in [6.45, 7) is 7.18. The van der Waals surface area contributed by atoms with Gasteiger partial charge in [0.2, 0.25) is 0 Å². The first-order valence-electron chi connectivity index (χ1n) is 11.0. The average Bonchev–Trinajstić information content (AvgIpc) is 3.18. The van der Waals surface area contributed by atoms with Crippen molar-refractivity contribution in [1.82, 2.24) is 25.0 Å². The highest BCUT2D eigenvalue weighted by Crippen LogP contribution is 2.30. The van der Waals surface area contributed by atoms with Gasteiger partial charge in [-0.1, -0.05) is 5.92 Å². The van der Waals surface area contributed by atoms with Crippen LogP contribution in [0.15, 0.2) is 22.7 Å². The van der Waals surface area contributed by atoms with Crippen LogP contribution >= 0.6 is 0 Å². The van der Waals surface area contributed by atoms with Crippen LogP contribution in [0.2, 0.25) is 0 Å². The van der Waals surface area contributed by atoms with Crippen LogP contribution in [-0.4, -0.2) is 84.6 Å². The molecule has 0 spiro atoms. The molecule has 6 rings (SSSR count). The monoisotopic (exact) mass is 407 g/mol. The predicted molar refractivity (Wildman–Crippen MR) is 115 cm³/mol. The smallest absolute Gasteiger partial charge is 0.271 e. The molecule has 30 heavy (non-hydrogen) atoms. The number of hydrogen-bond acceptors (Lipinski definition) is 6. The maximum atomic E-state index is 12.7. The summed E-state index contributed by atoms with van der Waals surface area (Å²) in [6.07, 6.45) is 5.33. The SMILES string of the molecule is CN1CCN(CC#Cc2cc3cc(C(=O)NC4CC5CCN4CC5)ncc3o2)CC1. The van der Waals surface area contributed by atoms with E-state index in [1.807, 2.05) is 6.07 Å². The van der Waals surface area contributed by atoms with E-state index in [0.29, 0.717) is 17.0 Å². The summed E-state index contributed by atoms with van der Waals surface area (Å²) in [7, 11) is 2.15. The van der Waals surface area contributed by atoms with Crippen LogP contribution in [0, 0.1) is 17.8 Å². The van der Waals surface area contributed by atoms with Crippen LogP contribution in [0.4, 0.5) is 0 Å². The van der Waals surface area contributed by atoms with E-state index in [-0.39, 0.29) is 12.1 Å². The van der Waals surface area contributed by atoms with E-state index in [1.54, 1.807) is 12.3 Å². The predicted octanol–water partition coefficient (Wildman–Crippen LogP) is 1.60. The van der Waals surface area contributed by atoms with Crippen molar-refractivity contribution in [2.24, 2.45) is 5.92 Å². The first kappa shape index (κ1) is 19.6. The minimum absolute atomic E-state index is 0.113. The molecular weight excluding hydrogens is 378 g/mol. The molecule has 4 fully saturated rings. The number of carbonyl (C=O) groups is 1. The summed E-state index contributed by atoms with van der Waals surface area (Å²) >= 11 is 0. The Morgan fingerprint density at radius 1 is 1.20 bits per heavy atom. The second-order valence-corrected chi connectivity index (χ2v) is 8.80. The quantitative estimate of drug-likeness (QED) is 0.780. The average molecular weight is 408 g/mol. The van der Waals surface area contributed by atoms with Crippen molar-refractivity contribution >= 4 is 16.9 Å². The van der Waals surface area contributed by atoms with Gasteiger partial charge in [0.05, 0.1) is 18.9 Å². The lowest BCUT2D eigenvalue weighted by atomic mass is 9.86. The lowest BCUT2D eigenvalue weighted by molar-refractivity contribution is 0.0293. The van der Waals surface area contributed by atoms with E-state index < -0.39 is 0 Å². The number of hydrogen-bond donors (Lipinski definition) is 1. The van der Waals surface area contributed by atoms with Gasteiger partial charge in [-0.05, 0) is 44.2 Å². The number of nitrogens with zero attached hydrogens (tertiary/aromatic N) is 4. The highest BCUT2D eigenvalue weighted by Gasteiger charge is 2.34. The molecule has 4 aliphatic rings. The topological polar surface area (TPSA) is 64.8 Å². The number of amides is 1. The summed E-state index contributed by atoms with van der Waals surface area (Å²) in [5, 5.41) is 4.03. The number of furan rings is 1. The van der Waals surface area contributed by atoms with Crippen LogP contribution < -0.4 is 5.32 Å². The van der Waals surface area contributed by atoms with Gasteiger partial charge < -0.3 is 14.6 Å². The van der Waals surface area contributed by atoms with Crippen LogP contribution in [0.5, 0.6) is 0 Å². The molecule has 158 valence electrons. The van der Waals surface area contributed by atoms with Gasteiger partial charge in [-0.25, -0.2) is 4.98 Å². The van der Waals surface area contributed by atoms with Crippen molar-refractivity contribution in [3.63, 3.8) is 0 Å². The van der Waals surface area contributed by atoms with Gasteiger partial charge in [-0.15, -0.1) is 0 Å². The van der Waals surface area contributed by atoms with Crippen molar-refractivity contribution in [3.8, 4) is 11.8 Å². The third kappa shape index (κ3) is 4.22. The van der Waals surface area contributed by atoms with Gasteiger partial charge >= 0.3 is 0 Å². The number of carbonyl (C=O) groups excluding carboxylic acids is 1. The Hall–Kier alpha value is -2.40. The highest BCUT2D eigenvalue weighted by atomic mass is 16.3. The molecule has 0 aromatic carbocycles. The Bertz CT molecular complexity index is 974. The minimum Gasteiger partial charge on any atom is -0.446 e. The lowest BCUT2D eigenvalue weighted by Crippen LogP contribution is -2.56. The minimum atomic E-state index is -0.113. The molecule has 4 aliphatic heterocycles. The van der Waals surface area contributed by atoms with E-state index in [2.05, 4.69) is 43.9 Å². The Morgan fingerprint density at radius 2 is 2.00 bits per heavy atom. The molecule has 7 heteroatoms. The van der Waals surface area contributed by atoms with Crippen molar-refractivity contribution in [1.29, 1.82) is 0 Å². The standard InChI is InChI=1S/C23H29N5O2/c1-26-9-11-27(12-10-26)6-2-3-19-14-18-15-20(24-16-21(18)30-19)23(29)25-22-13-17-4-7-28(22)8-5-17/h14-17,22H,4-13H2,1H3,(H,25,29). The molecule has 1 unspecified atom stereocenters. The second kappa shape index (κ2) is 8.38. The Labute approximate surface area is 177 Å². The van der Waals surface area contributed by atoms with E-state index >= 15 is 0 Å². The third-order valence-corrected chi connectivity index (χ3v) is 6.69. The number of piperidine rings is 3. The molecule has 6 heterocycles. The molecule has 2 bridgehead atoms. The number of fused-ring (bicyclic) bond motifs is 4. The molecule has 1 N–H and O–H groups in total. The van der Waals surface area contributed by atoms with Gasteiger partial charge in [0.1, 0.15) is 5.69 Å². The normalized spacial score (nSPS) is 27.0. The largest absolute Gasteiger partial charge is 0.446 e. The van der Waals surface area contributed by atoms with Crippen LogP contribution in [0.25, 0.3) is 11.0 Å². The van der Waals surface area contributed by atoms with Crippen LogP contribution in [0.3, 0.4) is 0 Å². The Morgan fingerprint density at radius 3 is 2.73 bits per heavy atom. The molecule has 0 radical (unpaired) electrons. The molecule has 1 amide bonds. The maximum absolute atomic E-state index is 12.7. The fraction of sp³-hybridized carbons (Fsp3) is 0.565. The van der Waals surface area contributed by atoms with E-state index in [9.17, 15) is 4.79 Å². The lowest BCUT2D eigenvalue weighted by Gasteiger charge is -2.45. The van der Waals surface area contributed by atoms with Gasteiger partial charge in [-0.2, -0.15) is 0 Å². The van der Waals surface area contributed by atoms with Gasteiger partial charge in [0, 0.05) is 50.7 Å². The maximum Gasteiger partial charge on any atom is 0.271 e. The summed E-state index contributed by atoms with van der Waals surface area (Å²) in [4.78, 5) is 24.1. The second-order valence-electron chi connectivity index (χ2n) is 8.80. The third-order valence-electron chi connectivity index (χ3n) is 6.69. The van der Waals surface area contributed by atoms with Crippen molar-refractivity contribution in [2.45, 2.75) is 25.4 Å². The van der Waals surface area contributed by atoms with Gasteiger partial charge in [0.15, 0.2) is 11.3 Å². The molecule has 0 aliphatic carbocycles. The number of nitrogens with one attached hydrogen (secondary N) is 1. The molecule has 2 aromatic rings. The Balaban J connectivity index is 1.23. The van der Waals surface area contributed by atoms with Gasteiger partial charge in [-0.3, -0.25) is 14.6 Å². The first-order valence-corrected chi connectivity index (χ1v) is 11.0. The number of pyridine rings is 1. The molecule has 0 saturated carbocycles. The number of rotatable bonds is 3. The number of piperazine rings is 1. The molecule has 7 nitrogen and oxygen atoms in total. The van der Waals surface area contributed by atoms with E-state index in [0.717, 1.165) is 63.5 Å². The summed E-state index contributed by atoms with van der Waals surface area (Å²) in [5.74, 6) is 7.58. The van der Waals surface area contributed by atoms with E-state index in [4.69, 9.17) is 4.42 Å². The number of aromatic nitrogens is 1. The van der Waals surface area contributed by atoms with Crippen molar-refractivity contribution in [2.75, 3.05) is 52.9 Å². The zero-order valence-electron chi connectivity index (χ0n) is 17.6. The molecule has 1 atom stereocenters. The summed E-state index contributed by atoms with van der Waals surface area (Å²) < 4.78 is 5.80. The van der Waals surface area contributed by atoms with Crippen LogP contribution in [0.1, 0.15) is 35.5 Å². The molecule has 4 saturated heterocycles. The fourth-order valence-electron chi connectivity index (χ4n) is 4.72. The Kier molecular flexibility index (Phi) is 5.47. The van der Waals surface area contributed by atoms with Crippen molar-refractivity contribution in [3.05, 3.63) is 29.8 Å². The highest BCUT2D eigenvalue weighted by molar-refractivity contribution is 5.95. The molecular formula is C23H29N5O2. The molecule has 2 aromatic heterocycles. The zero-order chi connectivity index (χ0) is 20.5. The zero-order valence-corrected chi connectivity index (χ0v) is 17.6. The van der Waals surface area contributed by atoms with E-state index in [1.165, 1.54) is 12.8 Å². The van der Waals surface area contributed by atoms with Crippen LogP contribution in [-0.2, 0) is 0 Å².